The fourth-order valence-corrected chi connectivity index (χ4v) is 1.67. The molecule has 7 nitrogen and oxygen atoms in total. The Morgan fingerprint density at radius 3 is 2.63 bits per heavy atom. The Morgan fingerprint density at radius 2 is 1.95 bits per heavy atom. The van der Waals surface area contributed by atoms with Gasteiger partial charge in [0.05, 0.1) is 5.56 Å². The Morgan fingerprint density at radius 1 is 1.21 bits per heavy atom. The first kappa shape index (κ1) is 13.1. The lowest BCUT2D eigenvalue weighted by molar-refractivity contribution is 0.0691. The van der Waals surface area contributed by atoms with Crippen LogP contribution in [0, 0.1) is 0 Å². The maximum atomic E-state index is 11.9. The number of carboxylic acid groups (broad SMARTS) is 1. The lowest BCUT2D eigenvalue weighted by Crippen LogP contribution is -2.17. The fourth-order valence-electron chi connectivity index (χ4n) is 1.30. The first-order valence-electron chi connectivity index (χ1n) is 5.04. The number of hydrogen-bond acceptors (Lipinski definition) is 5. The second kappa shape index (κ2) is 5.53. The van der Waals surface area contributed by atoms with E-state index in [4.69, 9.17) is 5.11 Å². The van der Waals surface area contributed by atoms with E-state index in [1.54, 1.807) is 6.07 Å². The molecule has 2 heterocycles. The molecule has 2 aromatic rings. The Hall–Kier alpha value is -2.35. The molecule has 0 aliphatic carbocycles. The van der Waals surface area contributed by atoms with Crippen LogP contribution in [0.3, 0.4) is 0 Å². The molecule has 8 heteroatoms. The summed E-state index contributed by atoms with van der Waals surface area (Å²) in [6.45, 7) is 0. The first-order chi connectivity index (χ1) is 9.08. The number of amides is 1. The third kappa shape index (κ3) is 3.10. The number of rotatable bonds is 3. The average Bonchev–Trinajstić information content (AvgIpc) is 2.39. The average molecular weight is 323 g/mol. The lowest BCUT2D eigenvalue weighted by Gasteiger charge is -2.06. The monoisotopic (exact) mass is 322 g/mol. The summed E-state index contributed by atoms with van der Waals surface area (Å²) in [5.74, 6) is -1.90. The van der Waals surface area contributed by atoms with Crippen LogP contribution in [0.2, 0.25) is 0 Å². The van der Waals surface area contributed by atoms with Crippen LogP contribution in [0.4, 0.5) is 5.82 Å². The number of nitrogens with zero attached hydrogens (tertiary/aromatic N) is 3. The predicted octanol–water partition coefficient (Wildman–Crippen LogP) is 1.58. The van der Waals surface area contributed by atoms with E-state index in [9.17, 15) is 9.59 Å². The van der Waals surface area contributed by atoms with Crippen molar-refractivity contribution in [1.82, 2.24) is 15.0 Å². The van der Waals surface area contributed by atoms with E-state index in [0.29, 0.717) is 4.47 Å². The molecule has 0 radical (unpaired) electrons. The first-order valence-corrected chi connectivity index (χ1v) is 5.83. The lowest BCUT2D eigenvalue weighted by atomic mass is 10.2. The number of aromatic carboxylic acids is 1. The van der Waals surface area contributed by atoms with Gasteiger partial charge in [0.15, 0.2) is 11.5 Å². The molecule has 1 amide bonds. The van der Waals surface area contributed by atoms with Crippen molar-refractivity contribution in [3.8, 4) is 0 Å². The molecule has 2 N–H and O–H groups in total. The van der Waals surface area contributed by atoms with Gasteiger partial charge in [0, 0.05) is 29.3 Å². The van der Waals surface area contributed by atoms with Crippen molar-refractivity contribution in [3.63, 3.8) is 0 Å². The quantitative estimate of drug-likeness (QED) is 0.888. The highest BCUT2D eigenvalue weighted by Crippen LogP contribution is 2.13. The Labute approximate surface area is 115 Å². The van der Waals surface area contributed by atoms with Crippen molar-refractivity contribution in [2.24, 2.45) is 0 Å². The zero-order valence-corrected chi connectivity index (χ0v) is 11.0. The summed E-state index contributed by atoms with van der Waals surface area (Å²) < 4.78 is 0.637. The van der Waals surface area contributed by atoms with Gasteiger partial charge < -0.3 is 10.4 Å². The molecular formula is C11H7BrN4O3. The number of carbonyl (C=O) groups is 2. The number of nitrogens with one attached hydrogen (secondary N) is 1. The van der Waals surface area contributed by atoms with Crippen molar-refractivity contribution >= 4 is 33.6 Å². The summed E-state index contributed by atoms with van der Waals surface area (Å²) in [6.07, 6.45) is 5.42. The summed E-state index contributed by atoms with van der Waals surface area (Å²) in [4.78, 5) is 34.1. The summed E-state index contributed by atoms with van der Waals surface area (Å²) in [6, 6.07) is 1.55. The maximum absolute atomic E-state index is 11.9. The third-order valence-electron chi connectivity index (χ3n) is 2.10. The van der Waals surface area contributed by atoms with Gasteiger partial charge in [-0.1, -0.05) is 0 Å². The van der Waals surface area contributed by atoms with Gasteiger partial charge in [-0.2, -0.15) is 0 Å². The molecule has 0 spiro atoms. The van der Waals surface area contributed by atoms with Crippen molar-refractivity contribution in [2.75, 3.05) is 5.32 Å². The smallest absolute Gasteiger partial charge is 0.358 e. The molecule has 19 heavy (non-hydrogen) atoms. The Balaban J connectivity index is 2.27. The normalized spacial score (nSPS) is 9.95. The second-order valence-corrected chi connectivity index (χ2v) is 4.32. The standard InChI is InChI=1S/C11H7BrN4O3/c12-7-3-6(4-13-5-7)10(17)16-9-8(11(18)19)14-1-2-15-9/h1-5H,(H,18,19)(H,15,16,17). The Kier molecular flexibility index (Phi) is 3.81. The van der Waals surface area contributed by atoms with Gasteiger partial charge >= 0.3 is 5.97 Å². The SMILES string of the molecule is O=C(Nc1nccnc1C(=O)O)c1cncc(Br)c1. The van der Waals surface area contributed by atoms with Gasteiger partial charge in [-0.15, -0.1) is 0 Å². The largest absolute Gasteiger partial charge is 0.476 e. The molecule has 0 saturated carbocycles. The highest BCUT2D eigenvalue weighted by Gasteiger charge is 2.16. The molecule has 0 aliphatic heterocycles. The maximum Gasteiger partial charge on any atom is 0.358 e. The molecule has 2 aromatic heterocycles. The van der Waals surface area contributed by atoms with Crippen LogP contribution in [0.25, 0.3) is 0 Å². The number of aromatic nitrogens is 3. The number of pyridine rings is 1. The summed E-state index contributed by atoms with van der Waals surface area (Å²) in [7, 11) is 0. The van der Waals surface area contributed by atoms with E-state index in [0.717, 1.165) is 0 Å². The number of anilines is 1. The van der Waals surface area contributed by atoms with Gasteiger partial charge in [-0.3, -0.25) is 9.78 Å². The van der Waals surface area contributed by atoms with E-state index < -0.39 is 11.9 Å². The van der Waals surface area contributed by atoms with Crippen molar-refractivity contribution in [3.05, 3.63) is 46.6 Å². The second-order valence-electron chi connectivity index (χ2n) is 3.40. The van der Waals surface area contributed by atoms with Crippen molar-refractivity contribution in [1.29, 1.82) is 0 Å². The number of halogens is 1. The zero-order chi connectivity index (χ0) is 13.8. The number of carbonyl (C=O) groups excluding carboxylic acids is 1. The van der Waals surface area contributed by atoms with Gasteiger partial charge in [-0.25, -0.2) is 14.8 Å². The summed E-state index contributed by atoms with van der Waals surface area (Å²) in [5.41, 5.74) is -0.0461. The van der Waals surface area contributed by atoms with Gasteiger partial charge in [-0.05, 0) is 22.0 Å². The topological polar surface area (TPSA) is 105 Å². The molecule has 0 fully saturated rings. The molecule has 0 saturated heterocycles. The molecular weight excluding hydrogens is 316 g/mol. The Bertz CT molecular complexity index is 647. The van der Waals surface area contributed by atoms with Gasteiger partial charge in [0.2, 0.25) is 0 Å². The fraction of sp³-hybridized carbons (Fsp3) is 0. The minimum atomic E-state index is -1.27. The van der Waals surface area contributed by atoms with Crippen LogP contribution in [0.1, 0.15) is 20.8 Å². The van der Waals surface area contributed by atoms with E-state index in [-0.39, 0.29) is 17.1 Å². The van der Waals surface area contributed by atoms with E-state index in [1.807, 2.05) is 0 Å². The number of carboxylic acids is 1. The molecule has 0 atom stereocenters. The van der Waals surface area contributed by atoms with E-state index in [2.05, 4.69) is 36.2 Å². The van der Waals surface area contributed by atoms with Crippen LogP contribution in [-0.2, 0) is 0 Å². The van der Waals surface area contributed by atoms with Gasteiger partial charge in [0.25, 0.3) is 5.91 Å². The number of hydrogen-bond donors (Lipinski definition) is 2. The molecule has 96 valence electrons. The molecule has 0 aliphatic rings. The minimum absolute atomic E-state index is 0.111. The minimum Gasteiger partial charge on any atom is -0.476 e. The molecule has 0 unspecified atom stereocenters. The van der Waals surface area contributed by atoms with Crippen molar-refractivity contribution in [2.45, 2.75) is 0 Å². The van der Waals surface area contributed by atoms with Crippen LogP contribution in [0.5, 0.6) is 0 Å². The highest BCUT2D eigenvalue weighted by molar-refractivity contribution is 9.10. The van der Waals surface area contributed by atoms with Gasteiger partial charge in [0.1, 0.15) is 0 Å². The molecule has 2 rings (SSSR count). The van der Waals surface area contributed by atoms with Crippen LogP contribution in [-0.4, -0.2) is 31.9 Å². The molecule has 0 bridgehead atoms. The third-order valence-corrected chi connectivity index (χ3v) is 2.53. The van der Waals surface area contributed by atoms with E-state index >= 15 is 0 Å². The highest BCUT2D eigenvalue weighted by atomic mass is 79.9. The van der Waals surface area contributed by atoms with Crippen LogP contribution < -0.4 is 5.32 Å². The molecule has 0 aromatic carbocycles. The summed E-state index contributed by atoms with van der Waals surface area (Å²) >= 11 is 3.19. The van der Waals surface area contributed by atoms with Crippen LogP contribution in [0.15, 0.2) is 35.3 Å². The van der Waals surface area contributed by atoms with Crippen LogP contribution >= 0.6 is 15.9 Å². The zero-order valence-electron chi connectivity index (χ0n) is 9.37. The van der Waals surface area contributed by atoms with Crippen molar-refractivity contribution < 1.29 is 14.7 Å². The predicted molar refractivity (Wildman–Crippen MR) is 68.9 cm³/mol. The van der Waals surface area contributed by atoms with E-state index in [1.165, 1.54) is 24.8 Å². The summed E-state index contributed by atoms with van der Waals surface area (Å²) in [5, 5.41) is 11.3.